The van der Waals surface area contributed by atoms with Crippen LogP contribution in [-0.2, 0) is 6.54 Å². The molecule has 1 amide bonds. The van der Waals surface area contributed by atoms with Gasteiger partial charge in [-0.2, -0.15) is 0 Å². The summed E-state index contributed by atoms with van der Waals surface area (Å²) in [4.78, 5) is 18.1. The highest BCUT2D eigenvalue weighted by molar-refractivity contribution is 7.99. The normalized spacial score (nSPS) is 10.3. The molecule has 138 valence electrons. The molecular formula is C21H20N2O3S. The molecule has 27 heavy (non-hydrogen) atoms. The first-order valence-corrected chi connectivity index (χ1v) is 9.20. The van der Waals surface area contributed by atoms with Crippen molar-refractivity contribution in [3.63, 3.8) is 0 Å². The van der Waals surface area contributed by atoms with E-state index in [1.807, 2.05) is 48.5 Å². The Bertz CT molecular complexity index is 916. The Labute approximate surface area is 162 Å². The second kappa shape index (κ2) is 9.09. The molecule has 0 radical (unpaired) electrons. The van der Waals surface area contributed by atoms with E-state index in [0.29, 0.717) is 28.6 Å². The van der Waals surface area contributed by atoms with Gasteiger partial charge in [0.1, 0.15) is 5.03 Å². The number of ether oxygens (including phenoxy) is 2. The number of amides is 1. The number of carbonyl (C=O) groups excluding carboxylic acids is 1. The number of pyridine rings is 1. The van der Waals surface area contributed by atoms with Crippen LogP contribution in [0.4, 0.5) is 0 Å². The zero-order chi connectivity index (χ0) is 19.1. The van der Waals surface area contributed by atoms with Crippen LogP contribution in [-0.4, -0.2) is 25.1 Å². The van der Waals surface area contributed by atoms with Crippen LogP contribution in [0.3, 0.4) is 0 Å². The lowest BCUT2D eigenvalue weighted by Gasteiger charge is -2.11. The number of methoxy groups -OCH3 is 2. The summed E-state index contributed by atoms with van der Waals surface area (Å²) in [7, 11) is 3.18. The van der Waals surface area contributed by atoms with E-state index in [0.717, 1.165) is 10.5 Å². The van der Waals surface area contributed by atoms with Gasteiger partial charge >= 0.3 is 0 Å². The molecular weight excluding hydrogens is 360 g/mol. The van der Waals surface area contributed by atoms with Crippen LogP contribution in [0.1, 0.15) is 15.9 Å². The number of benzene rings is 2. The molecule has 0 aliphatic carbocycles. The second-order valence-corrected chi connectivity index (χ2v) is 6.71. The quantitative estimate of drug-likeness (QED) is 0.666. The van der Waals surface area contributed by atoms with Gasteiger partial charge in [0.05, 0.1) is 19.8 Å². The number of aromatic nitrogens is 1. The van der Waals surface area contributed by atoms with Gasteiger partial charge in [-0.15, -0.1) is 0 Å². The Hall–Kier alpha value is -2.99. The van der Waals surface area contributed by atoms with E-state index >= 15 is 0 Å². The molecule has 0 fully saturated rings. The number of hydrogen-bond donors (Lipinski definition) is 1. The van der Waals surface area contributed by atoms with E-state index in [9.17, 15) is 4.79 Å². The summed E-state index contributed by atoms with van der Waals surface area (Å²) in [6.07, 6.45) is 1.69. The van der Waals surface area contributed by atoms with Crippen LogP contribution in [0.25, 0.3) is 0 Å². The Balaban J connectivity index is 1.72. The Kier molecular flexibility index (Phi) is 6.33. The summed E-state index contributed by atoms with van der Waals surface area (Å²) in [5, 5.41) is 3.62. The van der Waals surface area contributed by atoms with Crippen LogP contribution < -0.4 is 14.8 Å². The minimum Gasteiger partial charge on any atom is -0.493 e. The van der Waals surface area contributed by atoms with Gasteiger partial charge in [0.15, 0.2) is 11.5 Å². The molecule has 0 spiro atoms. The molecule has 1 heterocycles. The minimum atomic E-state index is -0.170. The van der Waals surface area contributed by atoms with E-state index in [4.69, 9.17) is 9.47 Å². The van der Waals surface area contributed by atoms with Crippen LogP contribution in [0.15, 0.2) is 76.8 Å². The topological polar surface area (TPSA) is 60.5 Å². The average molecular weight is 380 g/mol. The Morgan fingerprint density at radius 1 is 1.00 bits per heavy atom. The van der Waals surface area contributed by atoms with Crippen LogP contribution in [0.5, 0.6) is 11.5 Å². The molecule has 5 nitrogen and oxygen atoms in total. The van der Waals surface area contributed by atoms with Crippen molar-refractivity contribution in [3.05, 3.63) is 78.0 Å². The van der Waals surface area contributed by atoms with Crippen molar-refractivity contribution in [2.45, 2.75) is 16.5 Å². The highest BCUT2D eigenvalue weighted by atomic mass is 32.2. The number of nitrogens with one attached hydrogen (secondary N) is 1. The first kappa shape index (κ1) is 18.8. The maximum Gasteiger partial charge on any atom is 0.254 e. The Morgan fingerprint density at radius 2 is 1.78 bits per heavy atom. The van der Waals surface area contributed by atoms with E-state index < -0.39 is 0 Å². The summed E-state index contributed by atoms with van der Waals surface area (Å²) in [6, 6.07) is 19.0. The summed E-state index contributed by atoms with van der Waals surface area (Å²) in [5.74, 6) is 1.11. The highest BCUT2D eigenvalue weighted by Gasteiger charge is 2.14. The van der Waals surface area contributed by atoms with Crippen LogP contribution >= 0.6 is 11.8 Å². The summed E-state index contributed by atoms with van der Waals surface area (Å²) in [6.45, 7) is 0.378. The van der Waals surface area contributed by atoms with Crippen molar-refractivity contribution < 1.29 is 14.3 Å². The van der Waals surface area contributed by atoms with Crippen LogP contribution in [0.2, 0.25) is 0 Å². The average Bonchev–Trinajstić information content (AvgIpc) is 2.73. The predicted octanol–water partition coefficient (Wildman–Crippen LogP) is 4.18. The largest absolute Gasteiger partial charge is 0.493 e. The second-order valence-electron chi connectivity index (χ2n) is 5.64. The van der Waals surface area contributed by atoms with Gasteiger partial charge in [-0.05, 0) is 42.0 Å². The third kappa shape index (κ3) is 4.80. The van der Waals surface area contributed by atoms with Gasteiger partial charge in [-0.3, -0.25) is 4.79 Å². The molecule has 1 N–H and O–H groups in total. The van der Waals surface area contributed by atoms with Crippen molar-refractivity contribution in [3.8, 4) is 11.5 Å². The molecule has 0 atom stereocenters. The molecule has 0 saturated carbocycles. The van der Waals surface area contributed by atoms with E-state index in [1.165, 1.54) is 11.8 Å². The van der Waals surface area contributed by atoms with Gasteiger partial charge in [0, 0.05) is 17.6 Å². The maximum absolute atomic E-state index is 12.7. The predicted molar refractivity (Wildman–Crippen MR) is 106 cm³/mol. The molecule has 0 unspecified atom stereocenters. The SMILES string of the molecule is COc1ccc(CNC(=O)c2cccnc2Sc2ccccc2)cc1OC. The van der Waals surface area contributed by atoms with Gasteiger partial charge < -0.3 is 14.8 Å². The number of nitrogens with zero attached hydrogens (tertiary/aromatic N) is 1. The van der Waals surface area contributed by atoms with Crippen molar-refractivity contribution >= 4 is 17.7 Å². The molecule has 0 bridgehead atoms. The van der Waals surface area contributed by atoms with Gasteiger partial charge in [-0.1, -0.05) is 36.0 Å². The van der Waals surface area contributed by atoms with E-state index in [2.05, 4.69) is 10.3 Å². The number of rotatable bonds is 7. The summed E-state index contributed by atoms with van der Waals surface area (Å²) >= 11 is 1.47. The molecule has 0 saturated heterocycles. The van der Waals surface area contributed by atoms with E-state index in [-0.39, 0.29) is 5.91 Å². The number of carbonyl (C=O) groups is 1. The first-order chi connectivity index (χ1) is 13.2. The molecule has 1 aromatic heterocycles. The Morgan fingerprint density at radius 3 is 2.52 bits per heavy atom. The lowest BCUT2D eigenvalue weighted by molar-refractivity contribution is 0.0947. The van der Waals surface area contributed by atoms with Gasteiger partial charge in [-0.25, -0.2) is 4.98 Å². The zero-order valence-electron chi connectivity index (χ0n) is 15.1. The molecule has 3 aromatic rings. The van der Waals surface area contributed by atoms with Crippen molar-refractivity contribution in [2.24, 2.45) is 0 Å². The molecule has 0 aliphatic rings. The van der Waals surface area contributed by atoms with Gasteiger partial charge in [0.2, 0.25) is 0 Å². The van der Waals surface area contributed by atoms with Crippen LogP contribution in [0, 0.1) is 0 Å². The number of hydrogen-bond acceptors (Lipinski definition) is 5. The molecule has 0 aliphatic heterocycles. The minimum absolute atomic E-state index is 0.170. The first-order valence-electron chi connectivity index (χ1n) is 8.38. The van der Waals surface area contributed by atoms with Crippen molar-refractivity contribution in [2.75, 3.05) is 14.2 Å². The lowest BCUT2D eigenvalue weighted by atomic mass is 10.2. The maximum atomic E-state index is 12.7. The van der Waals surface area contributed by atoms with E-state index in [1.54, 1.807) is 32.5 Å². The zero-order valence-corrected chi connectivity index (χ0v) is 16.0. The van der Waals surface area contributed by atoms with Crippen molar-refractivity contribution in [1.82, 2.24) is 10.3 Å². The molecule has 3 rings (SSSR count). The summed E-state index contributed by atoms with van der Waals surface area (Å²) < 4.78 is 10.5. The smallest absolute Gasteiger partial charge is 0.254 e. The fourth-order valence-electron chi connectivity index (χ4n) is 2.51. The fraction of sp³-hybridized carbons (Fsp3) is 0.143. The van der Waals surface area contributed by atoms with Gasteiger partial charge in [0.25, 0.3) is 5.91 Å². The lowest BCUT2D eigenvalue weighted by Crippen LogP contribution is -2.23. The monoisotopic (exact) mass is 380 g/mol. The highest BCUT2D eigenvalue weighted by Crippen LogP contribution is 2.29. The summed E-state index contributed by atoms with van der Waals surface area (Å²) in [5.41, 5.74) is 1.47. The molecule has 6 heteroatoms. The third-order valence-electron chi connectivity index (χ3n) is 3.87. The molecule has 2 aromatic carbocycles. The van der Waals surface area contributed by atoms with Crippen molar-refractivity contribution in [1.29, 1.82) is 0 Å². The third-order valence-corrected chi connectivity index (χ3v) is 4.90. The fourth-order valence-corrected chi connectivity index (χ4v) is 3.41. The standard InChI is InChI=1S/C21H20N2O3S/c1-25-18-11-10-15(13-19(18)26-2)14-23-20(24)17-9-6-12-22-21(17)27-16-7-4-3-5-8-16/h3-13H,14H2,1-2H3,(H,23,24).